The van der Waals surface area contributed by atoms with Crippen molar-refractivity contribution in [2.45, 2.75) is 90.8 Å². The smallest absolute Gasteiger partial charge is 0.0297 e. The third-order valence-corrected chi connectivity index (χ3v) is 8.17. The highest BCUT2D eigenvalue weighted by molar-refractivity contribution is 5.39. The van der Waals surface area contributed by atoms with Crippen molar-refractivity contribution in [1.29, 1.82) is 0 Å². The molecule has 2 aliphatic rings. The van der Waals surface area contributed by atoms with E-state index in [0.29, 0.717) is 6.04 Å². The second-order valence-corrected chi connectivity index (χ2v) is 12.7. The molecule has 2 fully saturated rings. The Bertz CT molecular complexity index is 948. The minimum absolute atomic E-state index is 0.0832. The number of benzene rings is 2. The molecule has 2 aromatic rings. The monoisotopic (exact) mass is 461 g/mol. The first-order chi connectivity index (χ1) is 16.0. The van der Waals surface area contributed by atoms with Gasteiger partial charge in [0.1, 0.15) is 0 Å². The Morgan fingerprint density at radius 3 is 2.09 bits per heavy atom. The fourth-order valence-corrected chi connectivity index (χ4v) is 5.68. The van der Waals surface area contributed by atoms with Gasteiger partial charge < -0.3 is 5.73 Å². The fourth-order valence-electron chi connectivity index (χ4n) is 5.68. The van der Waals surface area contributed by atoms with Crippen molar-refractivity contribution in [1.82, 2.24) is 9.80 Å². The van der Waals surface area contributed by atoms with Gasteiger partial charge in [-0.15, -0.1) is 0 Å². The van der Waals surface area contributed by atoms with E-state index in [1.54, 1.807) is 0 Å². The minimum Gasteiger partial charge on any atom is -0.325 e. The van der Waals surface area contributed by atoms with E-state index < -0.39 is 0 Å². The zero-order valence-corrected chi connectivity index (χ0v) is 22.5. The molecular formula is C31H47N3. The first-order valence-corrected chi connectivity index (χ1v) is 13.5. The van der Waals surface area contributed by atoms with Gasteiger partial charge in [-0.1, -0.05) is 90.4 Å². The normalized spacial score (nSPS) is 20.6. The summed E-state index contributed by atoms with van der Waals surface area (Å²) in [6.45, 7) is 20.8. The van der Waals surface area contributed by atoms with Crippen molar-refractivity contribution < 1.29 is 0 Å². The number of likely N-dealkylation sites (tertiary alicyclic amines) is 2. The summed E-state index contributed by atoms with van der Waals surface area (Å²) in [5.74, 6) is 0.874. The van der Waals surface area contributed by atoms with E-state index in [-0.39, 0.29) is 10.8 Å². The van der Waals surface area contributed by atoms with Crippen molar-refractivity contribution in [3.63, 3.8) is 0 Å². The van der Waals surface area contributed by atoms with E-state index >= 15 is 0 Å². The van der Waals surface area contributed by atoms with Crippen LogP contribution < -0.4 is 5.73 Å². The number of hydrogen-bond acceptors (Lipinski definition) is 3. The molecule has 1 atom stereocenters. The molecule has 2 N–H and O–H groups in total. The van der Waals surface area contributed by atoms with E-state index in [0.717, 1.165) is 38.5 Å². The molecule has 2 saturated heterocycles. The SMILES string of the molecule is CC[C@@H]1CCN(Cc2ccc(C(C)(C)C)cc2CC(C)(C)c2ccc(CN3CC(N)C3)cc2)C1. The summed E-state index contributed by atoms with van der Waals surface area (Å²) in [6.07, 6.45) is 3.73. The molecule has 3 heteroatoms. The Kier molecular flexibility index (Phi) is 7.57. The van der Waals surface area contributed by atoms with Gasteiger partial charge in [0.2, 0.25) is 0 Å². The van der Waals surface area contributed by atoms with Gasteiger partial charge in [0, 0.05) is 38.8 Å². The fraction of sp³-hybridized carbons (Fsp3) is 0.613. The van der Waals surface area contributed by atoms with Gasteiger partial charge in [0.05, 0.1) is 0 Å². The van der Waals surface area contributed by atoms with Gasteiger partial charge in [0.15, 0.2) is 0 Å². The van der Waals surface area contributed by atoms with Gasteiger partial charge in [-0.05, 0) is 64.0 Å². The standard InChI is InChI=1S/C31H47N3/c1-7-23-14-15-33(18-23)20-25-10-13-28(30(2,3)4)16-26(25)17-31(5,6)27-11-8-24(9-12-27)19-34-21-29(32)22-34/h8-13,16,23,29H,7,14-15,17-22,32H2,1-6H3/t23-/m1/s1. The predicted molar refractivity (Wildman–Crippen MR) is 145 cm³/mol. The van der Waals surface area contributed by atoms with Gasteiger partial charge in [-0.3, -0.25) is 9.80 Å². The van der Waals surface area contributed by atoms with E-state index in [1.807, 2.05) is 0 Å². The van der Waals surface area contributed by atoms with Crippen molar-refractivity contribution in [3.8, 4) is 0 Å². The van der Waals surface area contributed by atoms with Crippen LogP contribution in [-0.2, 0) is 30.3 Å². The zero-order chi connectivity index (χ0) is 24.5. The van der Waals surface area contributed by atoms with E-state index in [1.165, 1.54) is 53.7 Å². The number of nitrogens with zero attached hydrogens (tertiary/aromatic N) is 2. The lowest BCUT2D eigenvalue weighted by molar-refractivity contribution is 0.142. The molecule has 2 aliphatic heterocycles. The summed E-state index contributed by atoms with van der Waals surface area (Å²) in [5, 5.41) is 0. The molecule has 2 aromatic carbocycles. The van der Waals surface area contributed by atoms with Crippen LogP contribution in [0.3, 0.4) is 0 Å². The minimum atomic E-state index is 0.0832. The summed E-state index contributed by atoms with van der Waals surface area (Å²) in [5.41, 5.74) is 13.5. The van der Waals surface area contributed by atoms with Gasteiger partial charge >= 0.3 is 0 Å². The Hall–Kier alpha value is -1.68. The molecule has 2 heterocycles. The molecule has 0 amide bonds. The van der Waals surface area contributed by atoms with Crippen molar-refractivity contribution in [3.05, 3.63) is 70.3 Å². The number of rotatable bonds is 8. The largest absolute Gasteiger partial charge is 0.325 e. The van der Waals surface area contributed by atoms with Gasteiger partial charge in [-0.2, -0.15) is 0 Å². The molecule has 34 heavy (non-hydrogen) atoms. The van der Waals surface area contributed by atoms with Crippen molar-refractivity contribution in [2.75, 3.05) is 26.2 Å². The lowest BCUT2D eigenvalue weighted by Gasteiger charge is -2.37. The first kappa shape index (κ1) is 25.4. The summed E-state index contributed by atoms with van der Waals surface area (Å²) in [4.78, 5) is 5.10. The van der Waals surface area contributed by atoms with E-state index in [9.17, 15) is 0 Å². The van der Waals surface area contributed by atoms with E-state index in [4.69, 9.17) is 5.73 Å². The van der Waals surface area contributed by atoms with Crippen LogP contribution in [0.5, 0.6) is 0 Å². The van der Waals surface area contributed by atoms with Crippen LogP contribution in [-0.4, -0.2) is 42.0 Å². The Morgan fingerprint density at radius 2 is 1.50 bits per heavy atom. The van der Waals surface area contributed by atoms with Gasteiger partial charge in [-0.25, -0.2) is 0 Å². The molecule has 0 aromatic heterocycles. The average Bonchev–Trinajstić information content (AvgIpc) is 3.21. The summed E-state index contributed by atoms with van der Waals surface area (Å²) in [6, 6.07) is 17.0. The van der Waals surface area contributed by atoms with Crippen molar-refractivity contribution in [2.24, 2.45) is 11.7 Å². The molecule has 0 unspecified atom stereocenters. The lowest BCUT2D eigenvalue weighted by Crippen LogP contribution is -2.54. The molecule has 0 aliphatic carbocycles. The highest BCUT2D eigenvalue weighted by atomic mass is 15.2. The van der Waals surface area contributed by atoms with Crippen molar-refractivity contribution >= 4 is 0 Å². The molecule has 4 rings (SSSR count). The average molecular weight is 462 g/mol. The molecule has 0 saturated carbocycles. The third kappa shape index (κ3) is 6.11. The molecule has 0 radical (unpaired) electrons. The van der Waals surface area contributed by atoms with Crippen LogP contribution in [0.4, 0.5) is 0 Å². The maximum atomic E-state index is 5.95. The zero-order valence-electron chi connectivity index (χ0n) is 22.5. The van der Waals surface area contributed by atoms with Crippen LogP contribution in [0.2, 0.25) is 0 Å². The predicted octanol–water partition coefficient (Wildman–Crippen LogP) is 5.88. The summed E-state index contributed by atoms with van der Waals surface area (Å²) >= 11 is 0. The highest BCUT2D eigenvalue weighted by Gasteiger charge is 2.27. The van der Waals surface area contributed by atoms with Gasteiger partial charge in [0.25, 0.3) is 0 Å². The Morgan fingerprint density at radius 1 is 0.824 bits per heavy atom. The van der Waals surface area contributed by atoms with Crippen LogP contribution in [0.1, 0.15) is 82.2 Å². The topological polar surface area (TPSA) is 32.5 Å². The quantitative estimate of drug-likeness (QED) is 0.533. The highest BCUT2D eigenvalue weighted by Crippen LogP contribution is 2.33. The molecule has 186 valence electrons. The Labute approximate surface area is 208 Å². The summed E-state index contributed by atoms with van der Waals surface area (Å²) in [7, 11) is 0. The van der Waals surface area contributed by atoms with Crippen LogP contribution in [0, 0.1) is 5.92 Å². The van der Waals surface area contributed by atoms with Crippen LogP contribution >= 0.6 is 0 Å². The number of nitrogens with two attached hydrogens (primary N) is 1. The Balaban J connectivity index is 1.52. The maximum absolute atomic E-state index is 5.95. The molecule has 0 spiro atoms. The molecule has 3 nitrogen and oxygen atoms in total. The molecule has 0 bridgehead atoms. The lowest BCUT2D eigenvalue weighted by atomic mass is 9.76. The second kappa shape index (κ2) is 10.1. The second-order valence-electron chi connectivity index (χ2n) is 12.7. The maximum Gasteiger partial charge on any atom is 0.0297 e. The number of hydrogen-bond donors (Lipinski definition) is 1. The summed E-state index contributed by atoms with van der Waals surface area (Å²) < 4.78 is 0. The third-order valence-electron chi connectivity index (χ3n) is 8.17. The first-order valence-electron chi connectivity index (χ1n) is 13.5. The molecular weight excluding hydrogens is 414 g/mol. The van der Waals surface area contributed by atoms with E-state index in [2.05, 4.69) is 93.8 Å². The van der Waals surface area contributed by atoms with Crippen LogP contribution in [0.25, 0.3) is 0 Å². The van der Waals surface area contributed by atoms with Crippen LogP contribution in [0.15, 0.2) is 42.5 Å².